The van der Waals surface area contributed by atoms with Crippen LogP contribution in [0.4, 0.5) is 4.39 Å². The number of hydrogen-bond acceptors (Lipinski definition) is 4. The predicted octanol–water partition coefficient (Wildman–Crippen LogP) is 4.23. The van der Waals surface area contributed by atoms with Gasteiger partial charge >= 0.3 is 0 Å². The highest BCUT2D eigenvalue weighted by atomic mass is 35.5. The average Bonchev–Trinajstić information content (AvgIpc) is 2.83. The Morgan fingerprint density at radius 1 is 1.14 bits per heavy atom. The van der Waals surface area contributed by atoms with Gasteiger partial charge in [0.25, 0.3) is 0 Å². The maximum absolute atomic E-state index is 13.7. The minimum atomic E-state index is -0.962. The van der Waals surface area contributed by atoms with Crippen LogP contribution in [-0.4, -0.2) is 54.1 Å². The summed E-state index contributed by atoms with van der Waals surface area (Å²) in [6.45, 7) is 5.35. The van der Waals surface area contributed by atoms with Gasteiger partial charge in [0.15, 0.2) is 0 Å². The Kier molecular flexibility index (Phi) is 9.53. The van der Waals surface area contributed by atoms with E-state index in [-0.39, 0.29) is 30.3 Å². The van der Waals surface area contributed by atoms with Crippen molar-refractivity contribution >= 4 is 35.0 Å². The second kappa shape index (κ2) is 12.2. The Hall–Kier alpha value is -2.19. The monoisotopic (exact) mass is 523 g/mol. The molecule has 9 heteroatoms. The third kappa shape index (κ3) is 7.17. The van der Waals surface area contributed by atoms with Crippen molar-refractivity contribution in [2.75, 3.05) is 26.2 Å². The van der Waals surface area contributed by atoms with Crippen molar-refractivity contribution in [3.63, 3.8) is 0 Å². The van der Waals surface area contributed by atoms with Crippen LogP contribution in [0.5, 0.6) is 0 Å². The zero-order chi connectivity index (χ0) is 25.6. The first kappa shape index (κ1) is 27.4. The van der Waals surface area contributed by atoms with Crippen LogP contribution in [0.2, 0.25) is 10.0 Å². The number of nitrogens with one attached hydrogen (secondary N) is 2. The Morgan fingerprint density at radius 2 is 1.80 bits per heavy atom. The van der Waals surface area contributed by atoms with E-state index in [4.69, 9.17) is 23.2 Å². The van der Waals surface area contributed by atoms with Gasteiger partial charge in [-0.3, -0.25) is 9.59 Å². The molecule has 2 unspecified atom stereocenters. The van der Waals surface area contributed by atoms with E-state index in [0.717, 1.165) is 25.9 Å². The van der Waals surface area contributed by atoms with Crippen molar-refractivity contribution < 1.29 is 19.1 Å². The molecule has 0 spiro atoms. The first-order valence-corrected chi connectivity index (χ1v) is 12.5. The number of nitrogens with zero attached hydrogens (tertiary/aromatic N) is 1. The summed E-state index contributed by atoms with van der Waals surface area (Å²) >= 11 is 12.4. The molecule has 3 N–H and O–H groups in total. The molecule has 3 rings (SSSR count). The van der Waals surface area contributed by atoms with Crippen LogP contribution in [0.3, 0.4) is 0 Å². The van der Waals surface area contributed by atoms with Crippen LogP contribution in [0, 0.1) is 5.82 Å². The van der Waals surface area contributed by atoms with Crippen molar-refractivity contribution in [2.45, 2.75) is 50.6 Å². The third-order valence-electron chi connectivity index (χ3n) is 6.74. The lowest BCUT2D eigenvalue weighted by molar-refractivity contribution is -0.128. The summed E-state index contributed by atoms with van der Waals surface area (Å²) < 4.78 is 13.4. The van der Waals surface area contributed by atoms with E-state index in [2.05, 4.69) is 15.5 Å². The number of rotatable bonds is 9. The number of amides is 2. The minimum Gasteiger partial charge on any atom is -0.394 e. The summed E-state index contributed by atoms with van der Waals surface area (Å²) in [6, 6.07) is 10.4. The second-order valence-corrected chi connectivity index (χ2v) is 10.1. The fourth-order valence-corrected chi connectivity index (χ4v) is 4.74. The van der Waals surface area contributed by atoms with E-state index in [0.29, 0.717) is 34.1 Å². The predicted molar refractivity (Wildman–Crippen MR) is 136 cm³/mol. The first-order chi connectivity index (χ1) is 16.6. The van der Waals surface area contributed by atoms with Crippen molar-refractivity contribution in [3.8, 4) is 0 Å². The van der Waals surface area contributed by atoms with Crippen LogP contribution in [0.25, 0.3) is 0 Å². The van der Waals surface area contributed by atoms with E-state index in [9.17, 15) is 19.1 Å². The Labute approximate surface area is 215 Å². The number of hydrogen-bond donors (Lipinski definition) is 3. The van der Waals surface area contributed by atoms with Crippen LogP contribution < -0.4 is 10.6 Å². The summed E-state index contributed by atoms with van der Waals surface area (Å²) in [6.07, 6.45) is 2.21. The quantitative estimate of drug-likeness (QED) is 0.459. The third-order valence-corrected chi connectivity index (χ3v) is 7.48. The molecule has 0 bridgehead atoms. The van der Waals surface area contributed by atoms with Gasteiger partial charge in [0, 0.05) is 26.1 Å². The maximum Gasteiger partial charge on any atom is 0.230 e. The standard InChI is InChI=1S/C26H32Cl2FN3O3/c1-17(34)30-21-9-12-32(13-10-21)14-11-26(2,19-5-8-22(27)23(28)15-19)25(35)31-24(16-33)18-3-6-20(29)7-4-18/h3-8,15,21,24,33H,9-14,16H2,1-2H3,(H,30,34)(H,31,35). The topological polar surface area (TPSA) is 81.7 Å². The second-order valence-electron chi connectivity index (χ2n) is 9.29. The molecule has 1 aliphatic rings. The molecule has 1 saturated heterocycles. The zero-order valence-corrected chi connectivity index (χ0v) is 21.5. The van der Waals surface area contributed by atoms with E-state index in [1.54, 1.807) is 30.3 Å². The summed E-state index contributed by atoms with van der Waals surface area (Å²) in [4.78, 5) is 27.3. The van der Waals surface area contributed by atoms with Crippen molar-refractivity contribution in [2.24, 2.45) is 0 Å². The van der Waals surface area contributed by atoms with E-state index in [1.807, 2.05) is 6.92 Å². The number of carbonyl (C=O) groups is 2. The molecule has 190 valence electrons. The van der Waals surface area contributed by atoms with Gasteiger partial charge in [0.2, 0.25) is 11.8 Å². The largest absolute Gasteiger partial charge is 0.394 e. The summed E-state index contributed by atoms with van der Waals surface area (Å²) in [7, 11) is 0. The molecule has 1 fully saturated rings. The molecule has 1 aliphatic heterocycles. The molecule has 2 atom stereocenters. The van der Waals surface area contributed by atoms with E-state index >= 15 is 0 Å². The summed E-state index contributed by atoms with van der Waals surface area (Å²) in [5.74, 6) is -0.681. The summed E-state index contributed by atoms with van der Waals surface area (Å²) in [5.41, 5.74) is 0.364. The highest BCUT2D eigenvalue weighted by Gasteiger charge is 2.37. The number of aliphatic hydroxyl groups is 1. The molecule has 2 amide bonds. The fraction of sp³-hybridized carbons (Fsp3) is 0.462. The lowest BCUT2D eigenvalue weighted by Gasteiger charge is -2.36. The first-order valence-electron chi connectivity index (χ1n) is 11.7. The smallest absolute Gasteiger partial charge is 0.230 e. The van der Waals surface area contributed by atoms with Gasteiger partial charge in [0.05, 0.1) is 28.1 Å². The van der Waals surface area contributed by atoms with Crippen LogP contribution >= 0.6 is 23.2 Å². The molecule has 0 saturated carbocycles. The number of carbonyl (C=O) groups excluding carboxylic acids is 2. The van der Waals surface area contributed by atoms with Gasteiger partial charge < -0.3 is 20.6 Å². The molecule has 1 heterocycles. The fourth-order valence-electron chi connectivity index (χ4n) is 4.45. The SMILES string of the molecule is CC(=O)NC1CCN(CCC(C)(C(=O)NC(CO)c2ccc(F)cc2)c2ccc(Cl)c(Cl)c2)CC1. The number of halogens is 3. The van der Waals surface area contributed by atoms with Gasteiger partial charge in [-0.2, -0.15) is 0 Å². The van der Waals surface area contributed by atoms with Gasteiger partial charge in [-0.05, 0) is 68.1 Å². The Morgan fingerprint density at radius 3 is 2.37 bits per heavy atom. The van der Waals surface area contributed by atoms with Crippen LogP contribution in [-0.2, 0) is 15.0 Å². The minimum absolute atomic E-state index is 0.0214. The number of piperidine rings is 1. The number of likely N-dealkylation sites (tertiary alicyclic amines) is 1. The van der Waals surface area contributed by atoms with E-state index < -0.39 is 11.5 Å². The van der Waals surface area contributed by atoms with Crippen molar-refractivity contribution in [3.05, 3.63) is 69.5 Å². The molecule has 2 aromatic carbocycles. The molecular weight excluding hydrogens is 492 g/mol. The molecule has 0 aromatic heterocycles. The highest BCUT2D eigenvalue weighted by Crippen LogP contribution is 2.34. The average molecular weight is 524 g/mol. The lowest BCUT2D eigenvalue weighted by Crippen LogP contribution is -2.48. The van der Waals surface area contributed by atoms with Crippen LogP contribution in [0.1, 0.15) is 50.3 Å². The van der Waals surface area contributed by atoms with E-state index in [1.165, 1.54) is 19.1 Å². The van der Waals surface area contributed by atoms with Crippen LogP contribution in [0.15, 0.2) is 42.5 Å². The molecular formula is C26H32Cl2FN3O3. The number of benzene rings is 2. The van der Waals surface area contributed by atoms with Gasteiger partial charge in [-0.1, -0.05) is 41.4 Å². The zero-order valence-electron chi connectivity index (χ0n) is 20.0. The Bertz CT molecular complexity index is 1030. The molecule has 6 nitrogen and oxygen atoms in total. The molecule has 0 radical (unpaired) electrons. The van der Waals surface area contributed by atoms with Gasteiger partial charge in [-0.15, -0.1) is 0 Å². The van der Waals surface area contributed by atoms with Gasteiger partial charge in [-0.25, -0.2) is 4.39 Å². The number of aliphatic hydroxyl groups excluding tert-OH is 1. The van der Waals surface area contributed by atoms with Gasteiger partial charge in [0.1, 0.15) is 5.82 Å². The summed E-state index contributed by atoms with van der Waals surface area (Å²) in [5, 5.41) is 16.6. The molecule has 0 aliphatic carbocycles. The molecule has 2 aromatic rings. The lowest BCUT2D eigenvalue weighted by atomic mass is 9.78. The van der Waals surface area contributed by atoms with Crippen molar-refractivity contribution in [1.29, 1.82) is 0 Å². The molecule has 35 heavy (non-hydrogen) atoms. The maximum atomic E-state index is 13.7. The van der Waals surface area contributed by atoms with Crippen molar-refractivity contribution in [1.82, 2.24) is 15.5 Å². The highest BCUT2D eigenvalue weighted by molar-refractivity contribution is 6.42. The normalized spacial score (nSPS) is 17.4. The Balaban J connectivity index is 1.77.